The number of ketones is 1. The highest BCUT2D eigenvalue weighted by Crippen LogP contribution is 2.23. The number of thioether (sulfide) groups is 1. The zero-order valence-corrected chi connectivity index (χ0v) is 16.9. The Hall–Kier alpha value is -2.38. The predicted octanol–water partition coefficient (Wildman–Crippen LogP) is 4.58. The van der Waals surface area contributed by atoms with Crippen molar-refractivity contribution in [1.29, 1.82) is 0 Å². The fourth-order valence-corrected chi connectivity index (χ4v) is 3.84. The Kier molecular flexibility index (Phi) is 6.36. The number of aromatic nitrogens is 2. The first-order chi connectivity index (χ1) is 13.4. The molecule has 0 aliphatic heterocycles. The molecule has 0 aliphatic rings. The maximum Gasteiger partial charge on any atom is 0.262 e. The topological polar surface area (TPSA) is 61.2 Å². The van der Waals surface area contributed by atoms with Crippen molar-refractivity contribution < 1.29 is 13.9 Å². The fraction of sp³-hybridized carbons (Fsp3) is 0.250. The number of carbonyl (C=O) groups excluding carboxylic acids is 1. The van der Waals surface area contributed by atoms with Crippen molar-refractivity contribution in [3.63, 3.8) is 0 Å². The summed E-state index contributed by atoms with van der Waals surface area (Å²) in [5.41, 5.74) is 0.545. The van der Waals surface area contributed by atoms with Crippen LogP contribution in [0.15, 0.2) is 46.3 Å². The van der Waals surface area contributed by atoms with Gasteiger partial charge in [0.05, 0.1) is 23.8 Å². The Morgan fingerprint density at radius 2 is 2.07 bits per heavy atom. The Morgan fingerprint density at radius 3 is 2.75 bits per heavy atom. The largest absolute Gasteiger partial charge is 0.494 e. The third-order valence-corrected chi connectivity index (χ3v) is 5.35. The molecule has 5 nitrogen and oxygen atoms in total. The molecule has 0 bridgehead atoms. The summed E-state index contributed by atoms with van der Waals surface area (Å²) in [5, 5.41) is 1.39. The van der Waals surface area contributed by atoms with Crippen molar-refractivity contribution in [1.82, 2.24) is 9.55 Å². The lowest BCUT2D eigenvalue weighted by molar-refractivity contribution is 0.102. The second-order valence-corrected chi connectivity index (χ2v) is 7.45. The van der Waals surface area contributed by atoms with Gasteiger partial charge in [-0.3, -0.25) is 14.2 Å². The van der Waals surface area contributed by atoms with Gasteiger partial charge < -0.3 is 4.74 Å². The lowest BCUT2D eigenvalue weighted by atomic mass is 10.1. The van der Waals surface area contributed by atoms with E-state index in [0.29, 0.717) is 27.6 Å². The van der Waals surface area contributed by atoms with E-state index in [1.54, 1.807) is 22.8 Å². The number of hydrogen-bond donors (Lipinski definition) is 0. The van der Waals surface area contributed by atoms with Crippen LogP contribution in [0.25, 0.3) is 10.9 Å². The van der Waals surface area contributed by atoms with E-state index in [9.17, 15) is 14.0 Å². The van der Waals surface area contributed by atoms with Crippen LogP contribution >= 0.6 is 23.4 Å². The number of fused-ring (bicyclic) bond motifs is 1. The van der Waals surface area contributed by atoms with Crippen LogP contribution in [-0.2, 0) is 6.54 Å². The zero-order valence-electron chi connectivity index (χ0n) is 15.4. The second-order valence-electron chi connectivity index (χ2n) is 6.07. The van der Waals surface area contributed by atoms with Gasteiger partial charge in [-0.1, -0.05) is 30.3 Å². The molecule has 146 valence electrons. The van der Waals surface area contributed by atoms with Crippen LogP contribution in [0.1, 0.15) is 23.7 Å². The van der Waals surface area contributed by atoms with Crippen LogP contribution in [0.2, 0.25) is 5.02 Å². The number of hydrogen-bond acceptors (Lipinski definition) is 5. The van der Waals surface area contributed by atoms with Crippen LogP contribution in [-0.4, -0.2) is 28.2 Å². The molecule has 3 aromatic rings. The highest BCUT2D eigenvalue weighted by molar-refractivity contribution is 7.99. The van der Waals surface area contributed by atoms with Gasteiger partial charge >= 0.3 is 0 Å². The predicted molar refractivity (Wildman–Crippen MR) is 109 cm³/mol. The molecule has 0 fully saturated rings. The monoisotopic (exact) mass is 420 g/mol. The van der Waals surface area contributed by atoms with E-state index < -0.39 is 5.82 Å². The minimum Gasteiger partial charge on any atom is -0.494 e. The van der Waals surface area contributed by atoms with E-state index in [4.69, 9.17) is 16.3 Å². The van der Waals surface area contributed by atoms with Gasteiger partial charge in [-0.25, -0.2) is 9.37 Å². The molecule has 0 atom stereocenters. The van der Waals surface area contributed by atoms with E-state index in [0.717, 1.165) is 24.2 Å². The molecule has 0 aliphatic carbocycles. The van der Waals surface area contributed by atoms with E-state index >= 15 is 0 Å². The minimum absolute atomic E-state index is 0.0218. The van der Waals surface area contributed by atoms with Crippen molar-refractivity contribution >= 4 is 40.0 Å². The minimum atomic E-state index is -0.597. The number of rotatable bonds is 7. The summed E-state index contributed by atoms with van der Waals surface area (Å²) in [7, 11) is 1.36. The molecular formula is C20H18ClFN2O3S. The number of nitrogens with zero attached hydrogens (tertiary/aromatic N) is 2. The summed E-state index contributed by atoms with van der Waals surface area (Å²) in [5.74, 6) is -0.766. The number of carbonyl (C=O) groups is 1. The van der Waals surface area contributed by atoms with Crippen molar-refractivity contribution in [2.45, 2.75) is 25.0 Å². The molecule has 0 amide bonds. The second kappa shape index (κ2) is 8.75. The number of methoxy groups -OCH3 is 1. The fourth-order valence-electron chi connectivity index (χ4n) is 2.76. The molecule has 0 saturated carbocycles. The molecule has 1 aromatic heterocycles. The molecule has 0 unspecified atom stereocenters. The van der Waals surface area contributed by atoms with Crippen molar-refractivity contribution in [2.75, 3.05) is 12.9 Å². The highest BCUT2D eigenvalue weighted by Gasteiger charge is 2.15. The average molecular weight is 421 g/mol. The molecule has 0 saturated heterocycles. The number of halogens is 2. The molecule has 0 N–H and O–H groups in total. The Balaban J connectivity index is 1.90. The maximum absolute atomic E-state index is 13.8. The maximum atomic E-state index is 13.8. The third-order valence-electron chi connectivity index (χ3n) is 4.14. The first-order valence-corrected chi connectivity index (χ1v) is 10.0. The zero-order chi connectivity index (χ0) is 20.3. The molecule has 2 aromatic carbocycles. The van der Waals surface area contributed by atoms with Gasteiger partial charge in [0, 0.05) is 17.1 Å². The SMILES string of the molecule is CCCn1c(SCC(=O)c2ccc(OC)c(F)c2)nc2cc(Cl)ccc2c1=O. The lowest BCUT2D eigenvalue weighted by Crippen LogP contribution is -2.23. The van der Waals surface area contributed by atoms with E-state index in [-0.39, 0.29) is 28.4 Å². The summed E-state index contributed by atoms with van der Waals surface area (Å²) in [6, 6.07) is 9.00. The molecule has 1 heterocycles. The van der Waals surface area contributed by atoms with Crippen LogP contribution in [0.5, 0.6) is 5.75 Å². The van der Waals surface area contributed by atoms with Gasteiger partial charge in [0.15, 0.2) is 22.5 Å². The molecule has 0 radical (unpaired) electrons. The molecule has 28 heavy (non-hydrogen) atoms. The Bertz CT molecular complexity index is 1100. The first-order valence-electron chi connectivity index (χ1n) is 8.64. The highest BCUT2D eigenvalue weighted by atomic mass is 35.5. The van der Waals surface area contributed by atoms with Crippen LogP contribution in [0.3, 0.4) is 0 Å². The molecule has 3 rings (SSSR count). The third kappa shape index (κ3) is 4.20. The number of ether oxygens (including phenoxy) is 1. The van der Waals surface area contributed by atoms with E-state index in [1.807, 2.05) is 6.92 Å². The number of benzene rings is 2. The lowest BCUT2D eigenvalue weighted by Gasteiger charge is -2.12. The summed E-state index contributed by atoms with van der Waals surface area (Å²) < 4.78 is 20.3. The van der Waals surface area contributed by atoms with Crippen LogP contribution in [0, 0.1) is 5.82 Å². The average Bonchev–Trinajstić information content (AvgIpc) is 2.68. The molecular weight excluding hydrogens is 403 g/mol. The normalized spacial score (nSPS) is 11.0. The summed E-state index contributed by atoms with van der Waals surface area (Å²) >= 11 is 7.16. The summed E-state index contributed by atoms with van der Waals surface area (Å²) in [6.07, 6.45) is 0.742. The van der Waals surface area contributed by atoms with E-state index in [1.165, 1.54) is 19.2 Å². The summed E-state index contributed by atoms with van der Waals surface area (Å²) in [4.78, 5) is 29.8. The molecule has 0 spiro atoms. The van der Waals surface area contributed by atoms with Gasteiger partial charge in [0.1, 0.15) is 0 Å². The Morgan fingerprint density at radius 1 is 1.29 bits per heavy atom. The summed E-state index contributed by atoms with van der Waals surface area (Å²) in [6.45, 7) is 2.44. The van der Waals surface area contributed by atoms with Crippen molar-refractivity contribution in [2.24, 2.45) is 0 Å². The number of Topliss-reactive ketones (excluding diaryl/α,β-unsaturated/α-hetero) is 1. The van der Waals surface area contributed by atoms with Gasteiger partial charge in [0.25, 0.3) is 5.56 Å². The van der Waals surface area contributed by atoms with Crippen LogP contribution in [0.4, 0.5) is 4.39 Å². The smallest absolute Gasteiger partial charge is 0.262 e. The van der Waals surface area contributed by atoms with Gasteiger partial charge in [-0.2, -0.15) is 0 Å². The Labute approximate surface area is 170 Å². The standard InChI is InChI=1S/C20H18ClFN2O3S/c1-3-8-24-19(26)14-6-5-13(21)10-16(14)23-20(24)28-11-17(25)12-4-7-18(27-2)15(22)9-12/h4-7,9-10H,3,8,11H2,1-2H3. The van der Waals surface area contributed by atoms with Crippen molar-refractivity contribution in [3.05, 3.63) is 63.2 Å². The van der Waals surface area contributed by atoms with Gasteiger partial charge in [-0.15, -0.1) is 0 Å². The molecule has 8 heteroatoms. The van der Waals surface area contributed by atoms with Crippen molar-refractivity contribution in [3.8, 4) is 5.75 Å². The van der Waals surface area contributed by atoms with E-state index in [2.05, 4.69) is 4.98 Å². The van der Waals surface area contributed by atoms with Crippen LogP contribution < -0.4 is 10.3 Å². The quantitative estimate of drug-likeness (QED) is 0.318. The van der Waals surface area contributed by atoms with Gasteiger partial charge in [0.2, 0.25) is 0 Å². The first kappa shape index (κ1) is 20.4. The van der Waals surface area contributed by atoms with Gasteiger partial charge in [-0.05, 0) is 42.8 Å².